The molecule has 1 saturated heterocycles. The van der Waals surface area contributed by atoms with Gasteiger partial charge in [0.1, 0.15) is 6.04 Å². The number of benzene rings is 1. The largest absolute Gasteiger partial charge is 0.480 e. The van der Waals surface area contributed by atoms with Crippen LogP contribution in [0.4, 0.5) is 0 Å². The molecule has 1 heterocycles. The fourth-order valence-corrected chi connectivity index (χ4v) is 4.46. The van der Waals surface area contributed by atoms with Crippen LogP contribution in [0.3, 0.4) is 0 Å². The molecule has 1 amide bonds. The molecule has 1 aliphatic heterocycles. The lowest BCUT2D eigenvalue weighted by molar-refractivity contribution is -0.142. The minimum Gasteiger partial charge on any atom is -0.480 e. The third kappa shape index (κ3) is 5.80. The van der Waals surface area contributed by atoms with Crippen LogP contribution in [0.1, 0.15) is 68.4 Å². The number of ether oxygens (including phenoxy) is 1. The number of nitrogens with one attached hydrogen (secondary N) is 1. The number of carbonyl (C=O) groups excluding carboxylic acids is 1. The molecule has 1 aromatic carbocycles. The van der Waals surface area contributed by atoms with Crippen LogP contribution in [-0.4, -0.2) is 36.2 Å². The molecule has 2 N–H and O–H groups in total. The van der Waals surface area contributed by atoms with Crippen molar-refractivity contribution in [3.63, 3.8) is 0 Å². The first-order valence-corrected chi connectivity index (χ1v) is 10.3. The van der Waals surface area contributed by atoms with Crippen molar-refractivity contribution < 1.29 is 19.4 Å². The van der Waals surface area contributed by atoms with Gasteiger partial charge in [0.2, 0.25) is 5.91 Å². The first-order valence-electron chi connectivity index (χ1n) is 10.3. The Morgan fingerprint density at radius 1 is 1.19 bits per heavy atom. The molecule has 148 valence electrons. The van der Waals surface area contributed by atoms with Crippen LogP contribution in [0.5, 0.6) is 0 Å². The molecule has 2 atom stereocenters. The summed E-state index contributed by atoms with van der Waals surface area (Å²) in [6.07, 6.45) is 7.97. The first kappa shape index (κ1) is 19.9. The predicted octanol–water partition coefficient (Wildman–Crippen LogP) is 3.66. The summed E-state index contributed by atoms with van der Waals surface area (Å²) in [4.78, 5) is 24.0. The lowest BCUT2D eigenvalue weighted by Gasteiger charge is -2.28. The summed E-state index contributed by atoms with van der Waals surface area (Å²) in [7, 11) is 0. The monoisotopic (exact) mass is 373 g/mol. The van der Waals surface area contributed by atoms with E-state index in [0.29, 0.717) is 18.8 Å². The second-order valence-corrected chi connectivity index (χ2v) is 7.93. The molecule has 1 fully saturated rings. The Morgan fingerprint density at radius 3 is 2.74 bits per heavy atom. The number of aryl methyl sites for hydroxylation is 1. The van der Waals surface area contributed by atoms with Gasteiger partial charge in [-0.25, -0.2) is 4.79 Å². The van der Waals surface area contributed by atoms with E-state index in [1.165, 1.54) is 11.1 Å². The molecule has 0 saturated carbocycles. The lowest BCUT2D eigenvalue weighted by atomic mass is 9.79. The van der Waals surface area contributed by atoms with E-state index in [4.69, 9.17) is 4.74 Å². The number of carboxylic acids is 1. The topological polar surface area (TPSA) is 75.6 Å². The van der Waals surface area contributed by atoms with E-state index < -0.39 is 12.0 Å². The zero-order valence-electron chi connectivity index (χ0n) is 16.0. The maximum Gasteiger partial charge on any atom is 0.326 e. The fourth-order valence-electron chi connectivity index (χ4n) is 4.46. The molecule has 0 spiro atoms. The first-order chi connectivity index (χ1) is 13.1. The summed E-state index contributed by atoms with van der Waals surface area (Å²) >= 11 is 0. The Bertz CT molecular complexity index is 639. The van der Waals surface area contributed by atoms with Gasteiger partial charge in [-0.05, 0) is 74.3 Å². The summed E-state index contributed by atoms with van der Waals surface area (Å²) in [5, 5.41) is 12.4. The second kappa shape index (κ2) is 9.88. The van der Waals surface area contributed by atoms with Gasteiger partial charge in [0, 0.05) is 19.6 Å². The maximum absolute atomic E-state index is 12.3. The Morgan fingerprint density at radius 2 is 1.96 bits per heavy atom. The van der Waals surface area contributed by atoms with Crippen molar-refractivity contribution in [2.75, 3.05) is 13.2 Å². The Labute approximate surface area is 161 Å². The minimum atomic E-state index is -0.934. The van der Waals surface area contributed by atoms with Crippen LogP contribution in [-0.2, 0) is 20.7 Å². The van der Waals surface area contributed by atoms with Gasteiger partial charge < -0.3 is 15.2 Å². The molecular formula is C22H31NO4. The maximum atomic E-state index is 12.3. The molecular weight excluding hydrogens is 342 g/mol. The summed E-state index contributed by atoms with van der Waals surface area (Å²) in [6, 6.07) is 7.48. The van der Waals surface area contributed by atoms with E-state index >= 15 is 0 Å². The quantitative estimate of drug-likeness (QED) is 0.729. The summed E-state index contributed by atoms with van der Waals surface area (Å²) < 4.78 is 5.36. The van der Waals surface area contributed by atoms with E-state index in [9.17, 15) is 14.7 Å². The van der Waals surface area contributed by atoms with Crippen molar-refractivity contribution in [2.24, 2.45) is 5.92 Å². The van der Waals surface area contributed by atoms with Crippen LogP contribution >= 0.6 is 0 Å². The Hall–Kier alpha value is -1.88. The van der Waals surface area contributed by atoms with Gasteiger partial charge in [-0.15, -0.1) is 0 Å². The van der Waals surface area contributed by atoms with Crippen LogP contribution in [0.25, 0.3) is 0 Å². The molecule has 1 aromatic rings. The van der Waals surface area contributed by atoms with Crippen LogP contribution in [0.2, 0.25) is 0 Å². The molecule has 2 aliphatic rings. The average Bonchev–Trinajstić information content (AvgIpc) is 2.68. The number of amides is 1. The van der Waals surface area contributed by atoms with Crippen molar-refractivity contribution in [2.45, 2.75) is 69.7 Å². The van der Waals surface area contributed by atoms with E-state index in [0.717, 1.165) is 58.2 Å². The van der Waals surface area contributed by atoms with Gasteiger partial charge >= 0.3 is 5.97 Å². The normalized spacial score (nSPS) is 21.3. The number of rotatable bonds is 8. The van der Waals surface area contributed by atoms with Crippen LogP contribution in [0.15, 0.2) is 24.3 Å². The van der Waals surface area contributed by atoms with Crippen molar-refractivity contribution in [3.8, 4) is 0 Å². The molecule has 2 unspecified atom stereocenters. The van der Waals surface area contributed by atoms with Crippen molar-refractivity contribution in [1.29, 1.82) is 0 Å². The number of hydrogen-bond acceptors (Lipinski definition) is 3. The summed E-state index contributed by atoms with van der Waals surface area (Å²) in [5.41, 5.74) is 2.57. The number of carboxylic acid groups (broad SMARTS) is 1. The predicted molar refractivity (Wildman–Crippen MR) is 104 cm³/mol. The number of hydrogen-bond donors (Lipinski definition) is 2. The standard InChI is InChI=1S/C22H31NO4/c24-21(10-3-5-16-11-13-27-14-12-16)23-20(22(25)26)15-18-8-4-7-17-6-1-2-9-19(17)18/h1-2,6,9,16,18,20H,3-5,7-8,10-15H2,(H,23,24)(H,25,26). The highest BCUT2D eigenvalue weighted by Crippen LogP contribution is 2.34. The van der Waals surface area contributed by atoms with Gasteiger partial charge in [-0.1, -0.05) is 24.3 Å². The number of aliphatic carboxylic acids is 1. The third-order valence-electron chi connectivity index (χ3n) is 6.00. The Kier molecular flexibility index (Phi) is 7.27. The van der Waals surface area contributed by atoms with Gasteiger partial charge in [0.05, 0.1) is 0 Å². The van der Waals surface area contributed by atoms with Gasteiger partial charge in [0.25, 0.3) is 0 Å². The molecule has 5 nitrogen and oxygen atoms in total. The van der Waals surface area contributed by atoms with Crippen molar-refractivity contribution in [1.82, 2.24) is 5.32 Å². The molecule has 0 aromatic heterocycles. The van der Waals surface area contributed by atoms with E-state index in [2.05, 4.69) is 17.4 Å². The molecule has 5 heteroatoms. The number of fused-ring (bicyclic) bond motifs is 1. The second-order valence-electron chi connectivity index (χ2n) is 7.93. The molecule has 3 rings (SSSR count). The van der Waals surface area contributed by atoms with Crippen LogP contribution in [0, 0.1) is 5.92 Å². The summed E-state index contributed by atoms with van der Waals surface area (Å²) in [6.45, 7) is 1.64. The lowest BCUT2D eigenvalue weighted by Crippen LogP contribution is -2.42. The Balaban J connectivity index is 1.49. The average molecular weight is 373 g/mol. The minimum absolute atomic E-state index is 0.140. The molecule has 0 bridgehead atoms. The highest BCUT2D eigenvalue weighted by atomic mass is 16.5. The van der Waals surface area contributed by atoms with E-state index in [1.54, 1.807) is 0 Å². The van der Waals surface area contributed by atoms with Gasteiger partial charge in [-0.2, -0.15) is 0 Å². The third-order valence-corrected chi connectivity index (χ3v) is 6.00. The summed E-state index contributed by atoms with van der Waals surface area (Å²) in [5.74, 6) is -0.228. The zero-order valence-corrected chi connectivity index (χ0v) is 16.0. The van der Waals surface area contributed by atoms with Gasteiger partial charge in [0.15, 0.2) is 0 Å². The van der Waals surface area contributed by atoms with Crippen LogP contribution < -0.4 is 5.32 Å². The van der Waals surface area contributed by atoms with Gasteiger partial charge in [-0.3, -0.25) is 4.79 Å². The smallest absolute Gasteiger partial charge is 0.326 e. The SMILES string of the molecule is O=C(CCCC1CCOCC1)NC(CC1CCCc2ccccc21)C(=O)O. The molecule has 0 radical (unpaired) electrons. The molecule has 27 heavy (non-hydrogen) atoms. The number of carbonyl (C=O) groups is 2. The fraction of sp³-hybridized carbons (Fsp3) is 0.636. The van der Waals surface area contributed by atoms with E-state index in [1.807, 2.05) is 12.1 Å². The van der Waals surface area contributed by atoms with Crippen molar-refractivity contribution >= 4 is 11.9 Å². The highest BCUT2D eigenvalue weighted by Gasteiger charge is 2.28. The van der Waals surface area contributed by atoms with E-state index in [-0.39, 0.29) is 11.8 Å². The highest BCUT2D eigenvalue weighted by molar-refractivity contribution is 5.83. The zero-order chi connectivity index (χ0) is 19.1. The van der Waals surface area contributed by atoms with Crippen molar-refractivity contribution in [3.05, 3.63) is 35.4 Å². The molecule has 1 aliphatic carbocycles.